The standard InChI is InChI=1S/C10H12N2O/c1-8(11)12-10(13)7-9-5-3-2-4-6-9/h2-6H,7H2,1H3,(H2,11,12,13). The van der Waals surface area contributed by atoms with Gasteiger partial charge in [0.25, 0.3) is 5.91 Å². The molecular formula is C10H12N2O. The average Bonchev–Trinajstić information content (AvgIpc) is 2.04. The van der Waals surface area contributed by atoms with Crippen LogP contribution in [0.25, 0.3) is 0 Å². The maximum absolute atomic E-state index is 11.2. The van der Waals surface area contributed by atoms with Crippen LogP contribution in [-0.2, 0) is 11.2 Å². The summed E-state index contributed by atoms with van der Waals surface area (Å²) in [5, 5.41) is 0. The highest BCUT2D eigenvalue weighted by atomic mass is 16.1. The number of hydrogen-bond donors (Lipinski definition) is 1. The molecule has 0 aliphatic carbocycles. The maximum atomic E-state index is 11.2. The molecule has 0 fully saturated rings. The molecule has 0 unspecified atom stereocenters. The number of carbonyl (C=O) groups excluding carboxylic acids is 1. The molecule has 0 heterocycles. The first-order valence-electron chi connectivity index (χ1n) is 4.06. The minimum Gasteiger partial charge on any atom is -0.387 e. The van der Waals surface area contributed by atoms with Gasteiger partial charge >= 0.3 is 0 Å². The van der Waals surface area contributed by atoms with E-state index >= 15 is 0 Å². The SMILES string of the molecule is CC(N)=NC(=O)Cc1ccccc1. The van der Waals surface area contributed by atoms with Crippen LogP contribution < -0.4 is 5.73 Å². The third-order valence-electron chi connectivity index (χ3n) is 1.50. The number of nitrogens with zero attached hydrogens (tertiary/aromatic N) is 1. The zero-order valence-corrected chi connectivity index (χ0v) is 7.53. The number of carbonyl (C=O) groups is 1. The molecule has 0 atom stereocenters. The molecule has 0 aromatic heterocycles. The largest absolute Gasteiger partial charge is 0.387 e. The maximum Gasteiger partial charge on any atom is 0.251 e. The highest BCUT2D eigenvalue weighted by Crippen LogP contribution is 2.00. The van der Waals surface area contributed by atoms with E-state index in [2.05, 4.69) is 4.99 Å². The quantitative estimate of drug-likeness (QED) is 0.542. The molecule has 0 aliphatic heterocycles. The van der Waals surface area contributed by atoms with Gasteiger partial charge in [0.05, 0.1) is 12.3 Å². The van der Waals surface area contributed by atoms with Crippen molar-refractivity contribution in [3.05, 3.63) is 35.9 Å². The van der Waals surface area contributed by atoms with Crippen molar-refractivity contribution in [1.82, 2.24) is 0 Å². The van der Waals surface area contributed by atoms with Crippen molar-refractivity contribution in [1.29, 1.82) is 0 Å². The van der Waals surface area contributed by atoms with Gasteiger partial charge in [0.15, 0.2) is 0 Å². The van der Waals surface area contributed by atoms with Crippen LogP contribution in [0.15, 0.2) is 35.3 Å². The summed E-state index contributed by atoms with van der Waals surface area (Å²) >= 11 is 0. The Kier molecular flexibility index (Phi) is 3.20. The summed E-state index contributed by atoms with van der Waals surface area (Å²) in [6.07, 6.45) is 0.315. The molecule has 0 saturated heterocycles. The van der Waals surface area contributed by atoms with Crippen molar-refractivity contribution in [2.24, 2.45) is 10.7 Å². The van der Waals surface area contributed by atoms with Crippen LogP contribution in [0.4, 0.5) is 0 Å². The predicted octanol–water partition coefficient (Wildman–Crippen LogP) is 1.13. The molecule has 0 bridgehead atoms. The molecule has 0 saturated carbocycles. The van der Waals surface area contributed by atoms with E-state index in [1.807, 2.05) is 30.3 Å². The minimum absolute atomic E-state index is 0.203. The van der Waals surface area contributed by atoms with Gasteiger partial charge in [-0.25, -0.2) is 4.99 Å². The summed E-state index contributed by atoms with van der Waals surface area (Å²) in [6.45, 7) is 1.60. The van der Waals surface area contributed by atoms with E-state index in [-0.39, 0.29) is 5.91 Å². The summed E-state index contributed by atoms with van der Waals surface area (Å²) < 4.78 is 0. The van der Waals surface area contributed by atoms with Crippen molar-refractivity contribution in [2.75, 3.05) is 0 Å². The molecule has 0 aliphatic rings. The van der Waals surface area contributed by atoms with Crippen LogP contribution in [0.2, 0.25) is 0 Å². The van der Waals surface area contributed by atoms with Gasteiger partial charge in [-0.15, -0.1) is 0 Å². The molecule has 3 nitrogen and oxygen atoms in total. The molecule has 1 aromatic carbocycles. The first-order valence-corrected chi connectivity index (χ1v) is 4.06. The summed E-state index contributed by atoms with van der Waals surface area (Å²) in [6, 6.07) is 9.47. The Balaban J connectivity index is 2.61. The fourth-order valence-electron chi connectivity index (χ4n) is 1.01. The highest BCUT2D eigenvalue weighted by molar-refractivity contribution is 5.93. The zero-order chi connectivity index (χ0) is 9.68. The van der Waals surface area contributed by atoms with E-state index in [1.165, 1.54) is 0 Å². The molecule has 2 N–H and O–H groups in total. The van der Waals surface area contributed by atoms with Gasteiger partial charge in [-0.3, -0.25) is 4.79 Å². The van der Waals surface area contributed by atoms with Crippen LogP contribution in [0.3, 0.4) is 0 Å². The van der Waals surface area contributed by atoms with Crippen molar-refractivity contribution in [3.63, 3.8) is 0 Å². The topological polar surface area (TPSA) is 55.4 Å². The Morgan fingerprint density at radius 3 is 2.54 bits per heavy atom. The molecular weight excluding hydrogens is 164 g/mol. The van der Waals surface area contributed by atoms with Gasteiger partial charge in [-0.2, -0.15) is 0 Å². The fourth-order valence-corrected chi connectivity index (χ4v) is 1.01. The van der Waals surface area contributed by atoms with Crippen molar-refractivity contribution in [3.8, 4) is 0 Å². The van der Waals surface area contributed by atoms with Gasteiger partial charge in [0.1, 0.15) is 0 Å². The summed E-state index contributed by atoms with van der Waals surface area (Å²) in [7, 11) is 0. The van der Waals surface area contributed by atoms with Gasteiger partial charge in [-0.1, -0.05) is 30.3 Å². The number of rotatable bonds is 2. The van der Waals surface area contributed by atoms with Crippen molar-refractivity contribution < 1.29 is 4.79 Å². The average molecular weight is 176 g/mol. The Hall–Kier alpha value is -1.64. The van der Waals surface area contributed by atoms with Crippen LogP contribution in [0.1, 0.15) is 12.5 Å². The molecule has 0 spiro atoms. The Labute approximate surface area is 77.3 Å². The number of aliphatic imine (C=N–C) groups is 1. The third kappa shape index (κ3) is 3.51. The molecule has 13 heavy (non-hydrogen) atoms. The Bertz CT molecular complexity index is 313. The minimum atomic E-state index is -0.203. The van der Waals surface area contributed by atoms with E-state index in [4.69, 9.17) is 5.73 Å². The van der Waals surface area contributed by atoms with Crippen LogP contribution in [0.5, 0.6) is 0 Å². The number of hydrogen-bond acceptors (Lipinski definition) is 1. The van der Waals surface area contributed by atoms with Gasteiger partial charge in [-0.05, 0) is 12.5 Å². The van der Waals surface area contributed by atoms with E-state index in [0.29, 0.717) is 12.3 Å². The first kappa shape index (κ1) is 9.45. The third-order valence-corrected chi connectivity index (χ3v) is 1.50. The van der Waals surface area contributed by atoms with E-state index in [0.717, 1.165) is 5.56 Å². The second kappa shape index (κ2) is 4.40. The van der Waals surface area contributed by atoms with Crippen molar-refractivity contribution in [2.45, 2.75) is 13.3 Å². The van der Waals surface area contributed by atoms with Crippen LogP contribution >= 0.6 is 0 Å². The Morgan fingerprint density at radius 1 is 1.38 bits per heavy atom. The van der Waals surface area contributed by atoms with Gasteiger partial charge in [0, 0.05) is 0 Å². The molecule has 1 amide bonds. The number of nitrogens with two attached hydrogens (primary N) is 1. The smallest absolute Gasteiger partial charge is 0.251 e. The van der Waals surface area contributed by atoms with E-state index < -0.39 is 0 Å². The Morgan fingerprint density at radius 2 is 2.00 bits per heavy atom. The van der Waals surface area contributed by atoms with Crippen LogP contribution in [0, 0.1) is 0 Å². The normalized spacial score (nSPS) is 11.3. The second-order valence-electron chi connectivity index (χ2n) is 2.81. The van der Waals surface area contributed by atoms with Crippen LogP contribution in [-0.4, -0.2) is 11.7 Å². The molecule has 1 aromatic rings. The fraction of sp³-hybridized carbons (Fsp3) is 0.200. The lowest BCUT2D eigenvalue weighted by Gasteiger charge is -1.96. The van der Waals surface area contributed by atoms with Crippen molar-refractivity contribution >= 4 is 11.7 Å². The summed E-state index contributed by atoms with van der Waals surface area (Å²) in [5.41, 5.74) is 6.23. The molecule has 68 valence electrons. The molecule has 1 rings (SSSR count). The van der Waals surface area contributed by atoms with Gasteiger partial charge in [0.2, 0.25) is 0 Å². The molecule has 3 heteroatoms. The molecule has 0 radical (unpaired) electrons. The van der Waals surface area contributed by atoms with E-state index in [1.54, 1.807) is 6.92 Å². The highest BCUT2D eigenvalue weighted by Gasteiger charge is 2.00. The number of benzene rings is 1. The lowest BCUT2D eigenvalue weighted by molar-refractivity contribution is -0.117. The first-order chi connectivity index (χ1) is 6.18. The lowest BCUT2D eigenvalue weighted by atomic mass is 10.1. The second-order valence-corrected chi connectivity index (χ2v) is 2.81. The van der Waals surface area contributed by atoms with Gasteiger partial charge < -0.3 is 5.73 Å². The monoisotopic (exact) mass is 176 g/mol. The number of amides is 1. The summed E-state index contributed by atoms with van der Waals surface area (Å²) in [4.78, 5) is 14.8. The number of amidine groups is 1. The zero-order valence-electron chi connectivity index (χ0n) is 7.53. The predicted molar refractivity (Wildman–Crippen MR) is 52.4 cm³/mol. The lowest BCUT2D eigenvalue weighted by Crippen LogP contribution is -2.10. The summed E-state index contributed by atoms with van der Waals surface area (Å²) in [5.74, 6) is 0.104. The van der Waals surface area contributed by atoms with E-state index in [9.17, 15) is 4.79 Å².